The lowest BCUT2D eigenvalue weighted by Crippen LogP contribution is -2.50. The number of ether oxygens (including phenoxy) is 1. The molecule has 0 bridgehead atoms. The lowest BCUT2D eigenvalue weighted by molar-refractivity contribution is -0.143. The highest BCUT2D eigenvalue weighted by Crippen LogP contribution is 2.24. The SMILES string of the molecule is CCCCNC(=O)C(CC)N(Cc1ccc(Cl)c(Cl)c1)C(=O)COc1ccccc1. The van der Waals surface area contributed by atoms with Gasteiger partial charge in [0.15, 0.2) is 6.61 Å². The summed E-state index contributed by atoms with van der Waals surface area (Å²) < 4.78 is 5.63. The van der Waals surface area contributed by atoms with E-state index in [0.717, 1.165) is 18.4 Å². The molecule has 1 atom stereocenters. The average molecular weight is 451 g/mol. The van der Waals surface area contributed by atoms with Gasteiger partial charge in [0.1, 0.15) is 11.8 Å². The summed E-state index contributed by atoms with van der Waals surface area (Å²) in [7, 11) is 0. The molecule has 2 amide bonds. The van der Waals surface area contributed by atoms with Crippen molar-refractivity contribution in [3.8, 4) is 5.75 Å². The van der Waals surface area contributed by atoms with Crippen molar-refractivity contribution in [1.82, 2.24) is 10.2 Å². The van der Waals surface area contributed by atoms with Crippen LogP contribution in [0.4, 0.5) is 0 Å². The third-order valence-corrected chi connectivity index (χ3v) is 5.40. The minimum Gasteiger partial charge on any atom is -0.484 e. The fourth-order valence-corrected chi connectivity index (χ4v) is 3.33. The van der Waals surface area contributed by atoms with E-state index < -0.39 is 6.04 Å². The summed E-state index contributed by atoms with van der Waals surface area (Å²) in [6, 6.07) is 13.7. The summed E-state index contributed by atoms with van der Waals surface area (Å²) in [5, 5.41) is 3.77. The first-order chi connectivity index (χ1) is 14.5. The number of amides is 2. The number of nitrogens with one attached hydrogen (secondary N) is 1. The topological polar surface area (TPSA) is 58.6 Å². The van der Waals surface area contributed by atoms with Gasteiger partial charge in [-0.15, -0.1) is 0 Å². The first kappa shape index (κ1) is 24.0. The lowest BCUT2D eigenvalue weighted by atomic mass is 10.1. The second-order valence-corrected chi connectivity index (χ2v) is 7.75. The van der Waals surface area contributed by atoms with E-state index in [1.165, 1.54) is 0 Å². The van der Waals surface area contributed by atoms with Crippen LogP contribution in [0.25, 0.3) is 0 Å². The Kier molecular flexibility index (Phi) is 9.98. The number of nitrogens with zero attached hydrogens (tertiary/aromatic N) is 1. The highest BCUT2D eigenvalue weighted by Gasteiger charge is 2.29. The molecule has 0 saturated heterocycles. The maximum atomic E-state index is 13.1. The predicted molar refractivity (Wildman–Crippen MR) is 121 cm³/mol. The summed E-state index contributed by atoms with van der Waals surface area (Å²) in [6.07, 6.45) is 2.35. The van der Waals surface area contributed by atoms with Crippen molar-refractivity contribution in [1.29, 1.82) is 0 Å². The Labute approximate surface area is 188 Å². The molecule has 0 saturated carbocycles. The highest BCUT2D eigenvalue weighted by atomic mass is 35.5. The van der Waals surface area contributed by atoms with E-state index in [-0.39, 0.29) is 25.0 Å². The number of rotatable bonds is 11. The van der Waals surface area contributed by atoms with Gasteiger partial charge in [0.05, 0.1) is 10.0 Å². The zero-order valence-electron chi connectivity index (χ0n) is 17.4. The number of unbranched alkanes of at least 4 members (excludes halogenated alkanes) is 1. The Balaban J connectivity index is 2.19. The monoisotopic (exact) mass is 450 g/mol. The minimum absolute atomic E-state index is 0.163. The molecule has 30 heavy (non-hydrogen) atoms. The third-order valence-electron chi connectivity index (χ3n) is 4.66. The van der Waals surface area contributed by atoms with Crippen LogP contribution >= 0.6 is 23.2 Å². The van der Waals surface area contributed by atoms with E-state index in [2.05, 4.69) is 12.2 Å². The second kappa shape index (κ2) is 12.5. The van der Waals surface area contributed by atoms with E-state index in [9.17, 15) is 9.59 Å². The molecule has 1 unspecified atom stereocenters. The molecule has 162 valence electrons. The van der Waals surface area contributed by atoms with E-state index in [0.29, 0.717) is 28.8 Å². The Morgan fingerprint density at radius 3 is 2.43 bits per heavy atom. The Bertz CT molecular complexity index is 830. The summed E-state index contributed by atoms with van der Waals surface area (Å²) in [4.78, 5) is 27.4. The molecule has 2 aromatic rings. The smallest absolute Gasteiger partial charge is 0.261 e. The van der Waals surface area contributed by atoms with Crippen LogP contribution in [0.1, 0.15) is 38.7 Å². The molecule has 2 aromatic carbocycles. The van der Waals surface area contributed by atoms with Gasteiger partial charge in [0.25, 0.3) is 5.91 Å². The molecule has 0 aliphatic carbocycles. The van der Waals surface area contributed by atoms with Crippen molar-refractivity contribution in [2.45, 2.75) is 45.7 Å². The van der Waals surface area contributed by atoms with Crippen molar-refractivity contribution in [3.05, 3.63) is 64.1 Å². The van der Waals surface area contributed by atoms with Gasteiger partial charge in [-0.25, -0.2) is 0 Å². The third kappa shape index (κ3) is 7.22. The summed E-state index contributed by atoms with van der Waals surface area (Å²) in [5.74, 6) is 0.155. The quantitative estimate of drug-likeness (QED) is 0.484. The fraction of sp³-hybridized carbons (Fsp3) is 0.391. The number of hydrogen-bond acceptors (Lipinski definition) is 3. The standard InChI is InChI=1S/C23H28Cl2N2O3/c1-3-5-13-26-23(29)21(4-2)27(15-17-11-12-19(24)20(25)14-17)22(28)16-30-18-9-7-6-8-10-18/h6-12,14,21H,3-5,13,15-16H2,1-2H3,(H,26,29). The van der Waals surface area contributed by atoms with Crippen LogP contribution < -0.4 is 10.1 Å². The van der Waals surface area contributed by atoms with Crippen LogP contribution in [-0.2, 0) is 16.1 Å². The van der Waals surface area contributed by atoms with Crippen molar-refractivity contribution in [2.75, 3.05) is 13.2 Å². The number of hydrogen-bond donors (Lipinski definition) is 1. The van der Waals surface area contributed by atoms with Gasteiger partial charge in [-0.3, -0.25) is 9.59 Å². The fourth-order valence-electron chi connectivity index (χ4n) is 3.01. The number of carbonyl (C=O) groups excluding carboxylic acids is 2. The Hall–Kier alpha value is -2.24. The molecule has 0 aromatic heterocycles. The highest BCUT2D eigenvalue weighted by molar-refractivity contribution is 6.42. The minimum atomic E-state index is -0.608. The first-order valence-electron chi connectivity index (χ1n) is 10.1. The van der Waals surface area contributed by atoms with Crippen LogP contribution in [0, 0.1) is 0 Å². The van der Waals surface area contributed by atoms with E-state index >= 15 is 0 Å². The molecular weight excluding hydrogens is 423 g/mol. The molecule has 0 aliphatic heterocycles. The molecule has 0 heterocycles. The number of para-hydroxylation sites is 1. The van der Waals surface area contributed by atoms with Gasteiger partial charge >= 0.3 is 0 Å². The summed E-state index contributed by atoms with van der Waals surface area (Å²) >= 11 is 12.2. The van der Waals surface area contributed by atoms with Gasteiger partial charge in [-0.1, -0.05) is 67.7 Å². The summed E-state index contributed by atoms with van der Waals surface area (Å²) in [6.45, 7) is 4.60. The molecule has 2 rings (SSSR count). The molecule has 1 N–H and O–H groups in total. The van der Waals surface area contributed by atoms with Crippen molar-refractivity contribution >= 4 is 35.0 Å². The van der Waals surface area contributed by atoms with Crippen LogP contribution in [0.15, 0.2) is 48.5 Å². The molecule has 0 radical (unpaired) electrons. The average Bonchev–Trinajstić information content (AvgIpc) is 2.75. The molecule has 0 aliphatic rings. The van der Waals surface area contributed by atoms with Gasteiger partial charge in [0, 0.05) is 13.1 Å². The van der Waals surface area contributed by atoms with Crippen LogP contribution in [0.5, 0.6) is 5.75 Å². The molecule has 5 nitrogen and oxygen atoms in total. The zero-order chi connectivity index (χ0) is 21.9. The van der Waals surface area contributed by atoms with E-state index in [1.807, 2.05) is 25.1 Å². The summed E-state index contributed by atoms with van der Waals surface area (Å²) in [5.41, 5.74) is 0.789. The number of halogens is 2. The molecule has 0 fully saturated rings. The number of carbonyl (C=O) groups is 2. The van der Waals surface area contributed by atoms with Gasteiger partial charge in [0.2, 0.25) is 5.91 Å². The Morgan fingerprint density at radius 1 is 1.07 bits per heavy atom. The maximum Gasteiger partial charge on any atom is 0.261 e. The maximum absolute atomic E-state index is 13.1. The predicted octanol–water partition coefficient (Wildman–Crippen LogP) is 5.10. The molecule has 0 spiro atoms. The van der Waals surface area contributed by atoms with E-state index in [1.54, 1.807) is 35.2 Å². The van der Waals surface area contributed by atoms with Crippen LogP contribution in [0.3, 0.4) is 0 Å². The normalized spacial score (nSPS) is 11.6. The first-order valence-corrected chi connectivity index (χ1v) is 10.9. The zero-order valence-corrected chi connectivity index (χ0v) is 18.9. The van der Waals surface area contributed by atoms with Crippen molar-refractivity contribution in [3.63, 3.8) is 0 Å². The van der Waals surface area contributed by atoms with Crippen molar-refractivity contribution < 1.29 is 14.3 Å². The van der Waals surface area contributed by atoms with Crippen LogP contribution in [0.2, 0.25) is 10.0 Å². The molecule has 7 heteroatoms. The lowest BCUT2D eigenvalue weighted by Gasteiger charge is -2.30. The largest absolute Gasteiger partial charge is 0.484 e. The van der Waals surface area contributed by atoms with E-state index in [4.69, 9.17) is 27.9 Å². The number of benzene rings is 2. The van der Waals surface area contributed by atoms with Gasteiger partial charge < -0.3 is 15.0 Å². The van der Waals surface area contributed by atoms with Gasteiger partial charge in [-0.2, -0.15) is 0 Å². The van der Waals surface area contributed by atoms with Crippen LogP contribution in [-0.4, -0.2) is 35.9 Å². The second-order valence-electron chi connectivity index (χ2n) is 6.94. The van der Waals surface area contributed by atoms with Crippen molar-refractivity contribution in [2.24, 2.45) is 0 Å². The molecular formula is C23H28Cl2N2O3. The van der Waals surface area contributed by atoms with Gasteiger partial charge in [-0.05, 0) is 42.7 Å². The Morgan fingerprint density at radius 2 is 1.80 bits per heavy atom.